The Balaban J connectivity index is 2.17. The van der Waals surface area contributed by atoms with Crippen LogP contribution in [0.2, 0.25) is 0 Å². The van der Waals surface area contributed by atoms with Gasteiger partial charge in [-0.25, -0.2) is 4.39 Å². The molecule has 3 N–H and O–H groups in total. The van der Waals surface area contributed by atoms with Crippen LogP contribution in [0.3, 0.4) is 0 Å². The molecule has 0 aliphatic heterocycles. The van der Waals surface area contributed by atoms with Crippen LogP contribution < -0.4 is 11.1 Å². The van der Waals surface area contributed by atoms with E-state index in [4.69, 9.17) is 5.73 Å². The molecule has 0 aliphatic carbocycles. The predicted molar refractivity (Wildman–Crippen MR) is 72.6 cm³/mol. The van der Waals surface area contributed by atoms with Gasteiger partial charge in [-0.2, -0.15) is 5.10 Å². The summed E-state index contributed by atoms with van der Waals surface area (Å²) in [5.74, 6) is -0.437. The molecule has 0 amide bonds. The van der Waals surface area contributed by atoms with Crippen molar-refractivity contribution in [2.75, 3.05) is 11.1 Å². The molecule has 0 aliphatic rings. The number of benzene rings is 1. The van der Waals surface area contributed by atoms with Crippen molar-refractivity contribution in [3.63, 3.8) is 0 Å². The third-order valence-corrected chi connectivity index (χ3v) is 2.85. The van der Waals surface area contributed by atoms with Crippen molar-refractivity contribution in [3.05, 3.63) is 42.6 Å². The summed E-state index contributed by atoms with van der Waals surface area (Å²) in [4.78, 5) is 4.20. The van der Waals surface area contributed by atoms with Crippen molar-refractivity contribution < 1.29 is 4.39 Å². The van der Waals surface area contributed by atoms with Crippen LogP contribution >= 0.6 is 0 Å². The van der Waals surface area contributed by atoms with E-state index in [1.165, 1.54) is 6.07 Å². The van der Waals surface area contributed by atoms with Gasteiger partial charge < -0.3 is 11.1 Å². The number of nitrogens with zero attached hydrogens (tertiary/aromatic N) is 3. The first-order valence-electron chi connectivity index (χ1n) is 5.73. The highest BCUT2D eigenvalue weighted by Crippen LogP contribution is 2.31. The lowest BCUT2D eigenvalue weighted by Gasteiger charge is -2.10. The summed E-state index contributed by atoms with van der Waals surface area (Å²) < 4.78 is 15.7. The number of nitrogens with two attached hydrogens (primary N) is 1. The summed E-state index contributed by atoms with van der Waals surface area (Å²) in [7, 11) is 1.79. The third-order valence-electron chi connectivity index (χ3n) is 2.85. The molecule has 1 aromatic carbocycles. The molecule has 0 fully saturated rings. The van der Waals surface area contributed by atoms with E-state index in [2.05, 4.69) is 15.4 Å². The van der Waals surface area contributed by atoms with Gasteiger partial charge in [0.05, 0.1) is 17.4 Å². The van der Waals surface area contributed by atoms with E-state index in [1.54, 1.807) is 36.4 Å². The van der Waals surface area contributed by atoms with Gasteiger partial charge in [0.15, 0.2) is 5.82 Å². The summed E-state index contributed by atoms with van der Waals surface area (Å²) in [5.41, 5.74) is 7.67. The first kappa shape index (κ1) is 11.5. The van der Waals surface area contributed by atoms with E-state index in [0.29, 0.717) is 22.6 Å². The maximum absolute atomic E-state index is 14.1. The molecule has 19 heavy (non-hydrogen) atoms. The maximum atomic E-state index is 14.1. The van der Waals surface area contributed by atoms with Crippen molar-refractivity contribution in [1.29, 1.82) is 0 Å². The Bertz CT molecular complexity index is 750. The number of nitrogens with one attached hydrogen (secondary N) is 1. The van der Waals surface area contributed by atoms with Crippen LogP contribution in [0.5, 0.6) is 0 Å². The number of hydrogen-bond acceptors (Lipinski definition) is 4. The molecule has 0 unspecified atom stereocenters. The minimum atomic E-state index is -0.437. The number of pyridine rings is 1. The minimum Gasteiger partial charge on any atom is -0.398 e. The quantitative estimate of drug-likeness (QED) is 0.692. The number of hydrogen-bond donors (Lipinski definition) is 2. The van der Waals surface area contributed by atoms with Gasteiger partial charge in [0.1, 0.15) is 5.69 Å². The Morgan fingerprint density at radius 2 is 2.26 bits per heavy atom. The molecule has 2 heterocycles. The van der Waals surface area contributed by atoms with Gasteiger partial charge in [0.25, 0.3) is 0 Å². The lowest BCUT2D eigenvalue weighted by molar-refractivity contribution is 0.634. The second kappa shape index (κ2) is 4.24. The highest BCUT2D eigenvalue weighted by Gasteiger charge is 2.12. The van der Waals surface area contributed by atoms with Gasteiger partial charge in [-0.1, -0.05) is 0 Å². The molecule has 3 rings (SSSR count). The highest BCUT2D eigenvalue weighted by atomic mass is 19.1. The van der Waals surface area contributed by atoms with E-state index < -0.39 is 5.82 Å². The topological polar surface area (TPSA) is 68.8 Å². The largest absolute Gasteiger partial charge is 0.398 e. The van der Waals surface area contributed by atoms with Crippen LogP contribution in [0.15, 0.2) is 36.8 Å². The molecule has 3 aromatic rings. The zero-order valence-electron chi connectivity index (χ0n) is 10.3. The summed E-state index contributed by atoms with van der Waals surface area (Å²) in [6.07, 6.45) is 4.98. The van der Waals surface area contributed by atoms with E-state index in [0.717, 1.165) is 5.39 Å². The smallest absolute Gasteiger partial charge is 0.150 e. The molecule has 0 radical (unpaired) electrons. The standard InChI is InChI=1S/C13H12FN5/c1-19-7-8(6-17-19)18-13-10(14)5-11(15)9-3-2-4-16-12(9)13/h2-7,18H,15H2,1H3. The number of aryl methyl sites for hydroxylation is 1. The fourth-order valence-corrected chi connectivity index (χ4v) is 1.99. The van der Waals surface area contributed by atoms with Gasteiger partial charge in [-0.15, -0.1) is 0 Å². The van der Waals surface area contributed by atoms with Crippen molar-refractivity contribution in [1.82, 2.24) is 14.8 Å². The molecule has 0 spiro atoms. The zero-order chi connectivity index (χ0) is 13.4. The molecule has 2 aromatic heterocycles. The molecule has 0 atom stereocenters. The Kier molecular flexibility index (Phi) is 2.56. The lowest BCUT2D eigenvalue weighted by Crippen LogP contribution is -1.99. The maximum Gasteiger partial charge on any atom is 0.150 e. The molecular formula is C13H12FN5. The van der Waals surface area contributed by atoms with Crippen molar-refractivity contribution in [2.45, 2.75) is 0 Å². The molecule has 0 bridgehead atoms. The molecule has 96 valence electrons. The SMILES string of the molecule is Cn1cc(Nc2c(F)cc(N)c3cccnc23)cn1. The van der Waals surface area contributed by atoms with Crippen LogP contribution in [0.1, 0.15) is 0 Å². The molecule has 6 heteroatoms. The number of halogens is 1. The van der Waals surface area contributed by atoms with E-state index >= 15 is 0 Å². The summed E-state index contributed by atoms with van der Waals surface area (Å²) in [6.45, 7) is 0. The van der Waals surface area contributed by atoms with Gasteiger partial charge >= 0.3 is 0 Å². The lowest BCUT2D eigenvalue weighted by atomic mass is 10.1. The first-order chi connectivity index (χ1) is 9.15. The Hall–Kier alpha value is -2.63. The van der Waals surface area contributed by atoms with Gasteiger partial charge in [-0.3, -0.25) is 9.67 Å². The fourth-order valence-electron chi connectivity index (χ4n) is 1.99. The van der Waals surface area contributed by atoms with Crippen LogP contribution in [0.25, 0.3) is 10.9 Å². The van der Waals surface area contributed by atoms with Crippen molar-refractivity contribution >= 4 is 28.0 Å². The molecule has 0 saturated carbocycles. The van der Waals surface area contributed by atoms with Gasteiger partial charge in [0, 0.05) is 30.5 Å². The second-order valence-corrected chi connectivity index (χ2v) is 4.25. The normalized spacial score (nSPS) is 10.8. The Morgan fingerprint density at radius 3 is 3.00 bits per heavy atom. The minimum absolute atomic E-state index is 0.304. The Labute approximate surface area is 108 Å². The summed E-state index contributed by atoms with van der Waals surface area (Å²) in [6, 6.07) is 4.87. The number of fused-ring (bicyclic) bond motifs is 1. The number of rotatable bonds is 2. The van der Waals surface area contributed by atoms with Crippen molar-refractivity contribution in [2.24, 2.45) is 7.05 Å². The van der Waals surface area contributed by atoms with Crippen LogP contribution in [-0.4, -0.2) is 14.8 Å². The number of aromatic nitrogens is 3. The summed E-state index contributed by atoms with van der Waals surface area (Å²) in [5, 5.41) is 7.73. The molecular weight excluding hydrogens is 245 g/mol. The summed E-state index contributed by atoms with van der Waals surface area (Å²) >= 11 is 0. The number of nitrogen functional groups attached to an aromatic ring is 1. The van der Waals surface area contributed by atoms with E-state index in [9.17, 15) is 4.39 Å². The van der Waals surface area contributed by atoms with E-state index in [-0.39, 0.29) is 0 Å². The first-order valence-corrected chi connectivity index (χ1v) is 5.73. The zero-order valence-corrected chi connectivity index (χ0v) is 10.3. The van der Waals surface area contributed by atoms with E-state index in [1.807, 2.05) is 6.07 Å². The van der Waals surface area contributed by atoms with Crippen molar-refractivity contribution in [3.8, 4) is 0 Å². The van der Waals surface area contributed by atoms with Crippen LogP contribution in [0.4, 0.5) is 21.5 Å². The predicted octanol–water partition coefficient (Wildman–Crippen LogP) is 2.43. The average molecular weight is 257 g/mol. The molecule has 0 saturated heterocycles. The highest BCUT2D eigenvalue weighted by molar-refractivity contribution is 5.99. The number of anilines is 3. The fraction of sp³-hybridized carbons (Fsp3) is 0.0769. The molecule has 5 nitrogen and oxygen atoms in total. The van der Waals surface area contributed by atoms with Gasteiger partial charge in [-0.05, 0) is 18.2 Å². The second-order valence-electron chi connectivity index (χ2n) is 4.25. The Morgan fingerprint density at radius 1 is 1.42 bits per heavy atom. The van der Waals surface area contributed by atoms with Crippen LogP contribution in [-0.2, 0) is 7.05 Å². The monoisotopic (exact) mass is 257 g/mol. The average Bonchev–Trinajstić information content (AvgIpc) is 2.80. The van der Waals surface area contributed by atoms with Gasteiger partial charge in [0.2, 0.25) is 0 Å². The third kappa shape index (κ3) is 1.97. The van der Waals surface area contributed by atoms with Crippen LogP contribution in [0, 0.1) is 5.82 Å².